The van der Waals surface area contributed by atoms with Crippen molar-refractivity contribution in [3.8, 4) is 0 Å². The fourth-order valence-corrected chi connectivity index (χ4v) is 1.41. The van der Waals surface area contributed by atoms with E-state index in [1.54, 1.807) is 0 Å². The summed E-state index contributed by atoms with van der Waals surface area (Å²) in [5, 5.41) is 2.91. The van der Waals surface area contributed by atoms with Crippen molar-refractivity contribution in [2.45, 2.75) is 25.3 Å². The molecule has 1 unspecified atom stereocenters. The van der Waals surface area contributed by atoms with E-state index < -0.39 is 0 Å². The highest BCUT2D eigenvalue weighted by molar-refractivity contribution is 7.81. The predicted octanol–water partition coefficient (Wildman–Crippen LogP) is 0.601. The molecule has 0 spiro atoms. The summed E-state index contributed by atoms with van der Waals surface area (Å²) in [4.78, 5) is 11.0. The Balaban J connectivity index is 2.24. The van der Waals surface area contributed by atoms with Crippen LogP contribution < -0.4 is 5.32 Å². The van der Waals surface area contributed by atoms with Crippen LogP contribution in [0.15, 0.2) is 0 Å². The Labute approximate surface area is 78.3 Å². The van der Waals surface area contributed by atoms with E-state index in [0.29, 0.717) is 6.04 Å². The van der Waals surface area contributed by atoms with Crippen LogP contribution in [0.25, 0.3) is 0 Å². The van der Waals surface area contributed by atoms with Crippen molar-refractivity contribution in [2.24, 2.45) is 0 Å². The number of rotatable bonds is 2. The Morgan fingerprint density at radius 3 is 3.08 bits per heavy atom. The van der Waals surface area contributed by atoms with Crippen molar-refractivity contribution in [1.29, 1.82) is 0 Å². The van der Waals surface area contributed by atoms with E-state index >= 15 is 0 Å². The normalized spacial score (nSPS) is 24.6. The highest BCUT2D eigenvalue weighted by atomic mass is 32.1. The van der Waals surface area contributed by atoms with Gasteiger partial charge in [0.25, 0.3) is 0 Å². The third kappa shape index (κ3) is 3.45. The zero-order valence-corrected chi connectivity index (χ0v) is 7.98. The van der Waals surface area contributed by atoms with Crippen LogP contribution >= 0.6 is 12.6 Å². The van der Waals surface area contributed by atoms with Crippen LogP contribution in [0.1, 0.15) is 19.3 Å². The smallest absolute Gasteiger partial charge is 0.229 e. The topological polar surface area (TPSA) is 38.3 Å². The molecule has 70 valence electrons. The molecular weight excluding hydrogens is 174 g/mol. The first kappa shape index (κ1) is 9.86. The second-order valence-electron chi connectivity index (χ2n) is 2.97. The molecular formula is C8H15NO2S. The van der Waals surface area contributed by atoms with E-state index in [9.17, 15) is 4.79 Å². The van der Waals surface area contributed by atoms with Crippen LogP contribution in [0.4, 0.5) is 0 Å². The highest BCUT2D eigenvalue weighted by Crippen LogP contribution is 2.07. The molecule has 0 aromatic heterocycles. The van der Waals surface area contributed by atoms with Crippen LogP contribution in [-0.2, 0) is 9.53 Å². The minimum absolute atomic E-state index is 0.0187. The summed E-state index contributed by atoms with van der Waals surface area (Å²) in [6, 6.07) is 0.298. The molecule has 1 amide bonds. The van der Waals surface area contributed by atoms with Crippen molar-refractivity contribution >= 4 is 18.5 Å². The molecule has 1 N–H and O–H groups in total. The summed E-state index contributed by atoms with van der Waals surface area (Å²) < 4.78 is 5.27. The van der Waals surface area contributed by atoms with Gasteiger partial charge in [0.1, 0.15) is 0 Å². The summed E-state index contributed by atoms with van der Waals surface area (Å²) in [5.74, 6) is 0.294. The summed E-state index contributed by atoms with van der Waals surface area (Å²) >= 11 is 3.90. The highest BCUT2D eigenvalue weighted by Gasteiger charge is 2.13. The van der Waals surface area contributed by atoms with Crippen LogP contribution in [0.5, 0.6) is 0 Å². The number of ether oxygens (including phenoxy) is 1. The van der Waals surface area contributed by atoms with E-state index in [2.05, 4.69) is 17.9 Å². The summed E-state index contributed by atoms with van der Waals surface area (Å²) in [7, 11) is 0. The maximum absolute atomic E-state index is 11.0. The lowest BCUT2D eigenvalue weighted by atomic mass is 10.1. The Bertz CT molecular complexity index is 144. The first-order valence-electron chi connectivity index (χ1n) is 4.31. The number of hydrogen-bond donors (Lipinski definition) is 2. The lowest BCUT2D eigenvalue weighted by molar-refractivity contribution is -0.119. The molecule has 0 aromatic carbocycles. The van der Waals surface area contributed by atoms with E-state index in [1.165, 1.54) is 0 Å². The third-order valence-corrected chi connectivity index (χ3v) is 2.25. The zero-order valence-electron chi connectivity index (χ0n) is 7.08. The fraction of sp³-hybridized carbons (Fsp3) is 0.875. The van der Waals surface area contributed by atoms with Gasteiger partial charge in [0.05, 0.1) is 5.75 Å². The molecule has 1 heterocycles. The summed E-state index contributed by atoms with van der Waals surface area (Å²) in [5.41, 5.74) is 0. The first-order chi connectivity index (χ1) is 5.83. The van der Waals surface area contributed by atoms with Gasteiger partial charge in [0.15, 0.2) is 0 Å². The lowest BCUT2D eigenvalue weighted by Gasteiger charge is -2.14. The minimum atomic E-state index is 0.0187. The van der Waals surface area contributed by atoms with E-state index in [4.69, 9.17) is 4.74 Å². The number of hydrogen-bond acceptors (Lipinski definition) is 3. The van der Waals surface area contributed by atoms with E-state index in [0.717, 1.165) is 32.5 Å². The monoisotopic (exact) mass is 189 g/mol. The molecule has 4 heteroatoms. The summed E-state index contributed by atoms with van der Waals surface area (Å²) in [6.45, 7) is 1.59. The summed E-state index contributed by atoms with van der Waals surface area (Å²) in [6.07, 6.45) is 3.00. The van der Waals surface area contributed by atoms with Gasteiger partial charge in [-0.2, -0.15) is 12.6 Å². The van der Waals surface area contributed by atoms with E-state index in [1.807, 2.05) is 0 Å². The van der Waals surface area contributed by atoms with Crippen molar-refractivity contribution in [2.75, 3.05) is 19.0 Å². The molecule has 1 saturated heterocycles. The molecule has 1 aliphatic heterocycles. The van der Waals surface area contributed by atoms with Crippen molar-refractivity contribution in [3.05, 3.63) is 0 Å². The molecule has 1 aliphatic rings. The molecule has 0 radical (unpaired) electrons. The fourth-order valence-electron chi connectivity index (χ4n) is 1.32. The standard InChI is InChI=1S/C8H15NO2S/c10-8(6-12)9-7-2-1-4-11-5-3-7/h7,12H,1-6H2,(H,9,10). The molecule has 0 saturated carbocycles. The van der Waals surface area contributed by atoms with Gasteiger partial charge in [-0.3, -0.25) is 4.79 Å². The first-order valence-corrected chi connectivity index (χ1v) is 4.94. The number of thiol groups is 1. The number of carbonyl (C=O) groups excluding carboxylic acids is 1. The predicted molar refractivity (Wildman–Crippen MR) is 50.5 cm³/mol. The second kappa shape index (κ2) is 5.43. The van der Waals surface area contributed by atoms with Gasteiger partial charge >= 0.3 is 0 Å². The Morgan fingerprint density at radius 1 is 1.50 bits per heavy atom. The largest absolute Gasteiger partial charge is 0.381 e. The molecule has 0 bridgehead atoms. The van der Waals surface area contributed by atoms with Gasteiger partial charge in [0, 0.05) is 19.3 Å². The van der Waals surface area contributed by atoms with Gasteiger partial charge in [0.2, 0.25) is 5.91 Å². The quantitative estimate of drug-likeness (QED) is 0.624. The maximum Gasteiger partial charge on any atom is 0.229 e. The van der Waals surface area contributed by atoms with Crippen molar-refractivity contribution in [3.63, 3.8) is 0 Å². The number of carbonyl (C=O) groups is 1. The molecule has 1 atom stereocenters. The van der Waals surface area contributed by atoms with Crippen LogP contribution in [0.3, 0.4) is 0 Å². The van der Waals surface area contributed by atoms with Crippen LogP contribution in [-0.4, -0.2) is 30.9 Å². The van der Waals surface area contributed by atoms with Crippen LogP contribution in [0.2, 0.25) is 0 Å². The molecule has 0 aliphatic carbocycles. The SMILES string of the molecule is O=C(CS)NC1CCCOCC1. The van der Waals surface area contributed by atoms with Gasteiger partial charge in [-0.05, 0) is 19.3 Å². The van der Waals surface area contributed by atoms with Crippen molar-refractivity contribution < 1.29 is 9.53 Å². The number of nitrogens with one attached hydrogen (secondary N) is 1. The van der Waals surface area contributed by atoms with Gasteiger partial charge < -0.3 is 10.1 Å². The van der Waals surface area contributed by atoms with Gasteiger partial charge in [-0.15, -0.1) is 0 Å². The maximum atomic E-state index is 11.0. The molecule has 1 fully saturated rings. The average molecular weight is 189 g/mol. The Kier molecular flexibility index (Phi) is 4.46. The van der Waals surface area contributed by atoms with Crippen LogP contribution in [0, 0.1) is 0 Å². The zero-order chi connectivity index (χ0) is 8.81. The Hall–Kier alpha value is -0.220. The van der Waals surface area contributed by atoms with Gasteiger partial charge in [-0.25, -0.2) is 0 Å². The minimum Gasteiger partial charge on any atom is -0.381 e. The van der Waals surface area contributed by atoms with Gasteiger partial charge in [-0.1, -0.05) is 0 Å². The molecule has 1 rings (SSSR count). The van der Waals surface area contributed by atoms with E-state index in [-0.39, 0.29) is 11.7 Å². The molecule has 3 nitrogen and oxygen atoms in total. The molecule has 0 aromatic rings. The average Bonchev–Trinajstić information content (AvgIpc) is 2.33. The number of amides is 1. The Morgan fingerprint density at radius 2 is 2.33 bits per heavy atom. The lowest BCUT2D eigenvalue weighted by Crippen LogP contribution is -2.35. The molecule has 12 heavy (non-hydrogen) atoms. The third-order valence-electron chi connectivity index (χ3n) is 1.96. The van der Waals surface area contributed by atoms with Crippen molar-refractivity contribution in [1.82, 2.24) is 5.32 Å². The second-order valence-corrected chi connectivity index (χ2v) is 3.28.